The molecule has 109 heavy (non-hydrogen) atoms. The molecule has 5 aliphatic rings. The van der Waals surface area contributed by atoms with Gasteiger partial charge in [0.2, 0.25) is 29.5 Å². The molecule has 4 aromatic rings. The Hall–Kier alpha value is -10.5. The van der Waals surface area contributed by atoms with Gasteiger partial charge in [-0.1, -0.05) is 32.9 Å². The number of hydrogen-bond acceptors (Lipinski definition) is 24. The highest BCUT2D eigenvalue weighted by atomic mass is 19.1. The Morgan fingerprint density at radius 2 is 1.50 bits per heavy atom. The van der Waals surface area contributed by atoms with Crippen molar-refractivity contribution in [1.29, 1.82) is 0 Å². The Kier molecular flexibility index (Phi) is 29.2. The first-order valence-corrected chi connectivity index (χ1v) is 36.0. The number of primary amides is 1. The lowest BCUT2D eigenvalue weighted by atomic mass is 9.78. The third kappa shape index (κ3) is 21.5. The van der Waals surface area contributed by atoms with Crippen molar-refractivity contribution in [2.24, 2.45) is 16.6 Å². The number of amides is 11. The number of cyclic esters (lactones) is 2. The van der Waals surface area contributed by atoms with Gasteiger partial charge in [0.05, 0.1) is 88.5 Å². The van der Waals surface area contributed by atoms with Crippen molar-refractivity contribution in [3.8, 4) is 11.4 Å². The summed E-state index contributed by atoms with van der Waals surface area (Å²) >= 11 is 0. The van der Waals surface area contributed by atoms with Gasteiger partial charge in [-0.15, -0.1) is 0 Å². The largest absolute Gasteiger partial charge is 0.464 e. The molecule has 1 saturated heterocycles. The molecule has 0 radical (unpaired) electrons. The van der Waals surface area contributed by atoms with E-state index in [1.165, 1.54) is 36.0 Å². The molecule has 36 heteroatoms. The maximum atomic E-state index is 15.5. The summed E-state index contributed by atoms with van der Waals surface area (Å²) in [6.07, 6.45) is 1.72. The Bertz CT molecular complexity index is 4210. The minimum absolute atomic E-state index is 0.0190. The molecule has 2 unspecified atom stereocenters. The van der Waals surface area contributed by atoms with Crippen LogP contribution in [0.15, 0.2) is 58.3 Å². The van der Waals surface area contributed by atoms with Crippen LogP contribution in [0.4, 0.5) is 19.7 Å². The van der Waals surface area contributed by atoms with Crippen molar-refractivity contribution in [1.82, 2.24) is 51.3 Å². The van der Waals surface area contributed by atoms with E-state index >= 15 is 4.39 Å². The summed E-state index contributed by atoms with van der Waals surface area (Å²) in [6, 6.07) is 3.19. The zero-order valence-electron chi connectivity index (χ0n) is 61.2. The summed E-state index contributed by atoms with van der Waals surface area (Å²) in [4.78, 5) is 180. The molecular weight excluding hydrogens is 1430 g/mol. The van der Waals surface area contributed by atoms with Gasteiger partial charge in [-0.05, 0) is 85.4 Å². The number of fused-ring (bicyclic) bond motifs is 5. The topological polar surface area (TPSA) is 474 Å². The zero-order valence-corrected chi connectivity index (χ0v) is 61.2. The number of carbonyl (C=O) groups excluding carboxylic acids is 12. The number of anilines is 1. The van der Waals surface area contributed by atoms with Gasteiger partial charge >= 0.3 is 24.1 Å². The van der Waals surface area contributed by atoms with E-state index in [0.717, 1.165) is 27.5 Å². The molecule has 1 fully saturated rings. The third-order valence-electron chi connectivity index (χ3n) is 19.0. The van der Waals surface area contributed by atoms with Gasteiger partial charge in [-0.3, -0.25) is 58.2 Å². The number of aryl methyl sites for hydroxylation is 1. The second-order valence-corrected chi connectivity index (χ2v) is 27.0. The van der Waals surface area contributed by atoms with Crippen molar-refractivity contribution in [3.63, 3.8) is 0 Å². The van der Waals surface area contributed by atoms with Gasteiger partial charge in [-0.2, -0.15) is 0 Å². The number of hydrogen-bond donors (Lipinski definition) is 10. The Balaban J connectivity index is 0.731. The number of rotatable bonds is 40. The summed E-state index contributed by atoms with van der Waals surface area (Å²) in [5, 5.41) is 41.6. The molecular formula is C73H92FN13O22. The van der Waals surface area contributed by atoms with E-state index in [1.54, 1.807) is 45.9 Å². The van der Waals surface area contributed by atoms with Crippen LogP contribution in [-0.2, 0) is 113 Å². The summed E-state index contributed by atoms with van der Waals surface area (Å²) in [5.41, 5.74) is 7.20. The number of aliphatic imine (C=N–C) groups is 1. The van der Waals surface area contributed by atoms with Crippen LogP contribution in [0.2, 0.25) is 0 Å². The second kappa shape index (κ2) is 38.5. The zero-order chi connectivity index (χ0) is 78.6. The monoisotopic (exact) mass is 1520 g/mol. The Morgan fingerprint density at radius 3 is 2.17 bits per heavy atom. The van der Waals surface area contributed by atoms with Crippen LogP contribution in [0.3, 0.4) is 0 Å². The molecule has 6 heterocycles. The molecule has 11 amide bonds. The van der Waals surface area contributed by atoms with Crippen LogP contribution in [0.1, 0.15) is 117 Å². The normalized spacial score (nSPS) is 17.9. The lowest BCUT2D eigenvalue weighted by molar-refractivity contribution is -0.172. The molecule has 0 saturated carbocycles. The number of carbonyl (C=O) groups is 12. The predicted octanol–water partition coefficient (Wildman–Crippen LogP) is 0.422. The van der Waals surface area contributed by atoms with Gasteiger partial charge < -0.3 is 90.5 Å². The Labute approximate surface area is 625 Å². The van der Waals surface area contributed by atoms with Crippen molar-refractivity contribution in [2.45, 2.75) is 147 Å². The highest BCUT2D eigenvalue weighted by Gasteiger charge is 2.46. The van der Waals surface area contributed by atoms with E-state index in [2.05, 4.69) is 42.2 Å². The maximum absolute atomic E-state index is 15.5. The van der Waals surface area contributed by atoms with Crippen molar-refractivity contribution in [2.75, 3.05) is 98.0 Å². The van der Waals surface area contributed by atoms with Crippen molar-refractivity contribution < 1.29 is 105 Å². The molecule has 0 bridgehead atoms. The second-order valence-electron chi connectivity index (χ2n) is 27.0. The highest BCUT2D eigenvalue weighted by molar-refractivity contribution is 6.13. The van der Waals surface area contributed by atoms with E-state index in [1.807, 2.05) is 0 Å². The van der Waals surface area contributed by atoms with Gasteiger partial charge in [0.15, 0.2) is 5.60 Å². The lowest BCUT2D eigenvalue weighted by Gasteiger charge is -2.31. The molecule has 2 aromatic heterocycles. The van der Waals surface area contributed by atoms with Crippen molar-refractivity contribution in [3.05, 3.63) is 104 Å². The SMILES string of the molecule is CC[C@@]1(O)C(=O)OCc2c1cc1n(c2=O)Cc2c-1nc1cc(F)c(C)c3c1c2C(C=NC(=O)CN(C)C(=O)OCc1ccc(NC(=O)[C@H](CCCNC(N)=O)NC(=O)[C@@H](NC(=O)[C@H](CC(O)N[C@H]2CCOC2=O)NC(=O)CCOCCOCCOCCOCCNC(=O)CCN2C(=O)C=CC2=O)C(C)C)cc1)CC3. The first-order valence-electron chi connectivity index (χ1n) is 36.0. The van der Waals surface area contributed by atoms with Gasteiger partial charge in [0.1, 0.15) is 56.0 Å². The molecule has 7 atom stereocenters. The van der Waals surface area contributed by atoms with Crippen LogP contribution in [0.25, 0.3) is 22.3 Å². The number of likely N-dealkylation sites (N-methyl/N-ethyl adjacent to an activating group) is 1. The summed E-state index contributed by atoms with van der Waals surface area (Å²) in [6.45, 7) is 7.10. The number of nitrogens with two attached hydrogens (primary N) is 1. The average Bonchev–Trinajstić information content (AvgIpc) is 1.60. The summed E-state index contributed by atoms with van der Waals surface area (Å²) in [5.74, 6) is -8.15. The van der Waals surface area contributed by atoms with Crippen LogP contribution >= 0.6 is 0 Å². The molecule has 11 N–H and O–H groups in total. The predicted molar refractivity (Wildman–Crippen MR) is 384 cm³/mol. The van der Waals surface area contributed by atoms with E-state index in [0.29, 0.717) is 57.4 Å². The summed E-state index contributed by atoms with van der Waals surface area (Å²) in [7, 11) is 1.35. The fourth-order valence-corrected chi connectivity index (χ4v) is 13.0. The van der Waals surface area contributed by atoms with E-state index in [-0.39, 0.29) is 160 Å². The molecule has 9 rings (SSSR count). The number of nitrogens with zero attached hydrogens (tertiary/aromatic N) is 5. The lowest BCUT2D eigenvalue weighted by Crippen LogP contribution is -2.58. The minimum atomic E-state index is -2.07. The number of aromatic nitrogens is 2. The van der Waals surface area contributed by atoms with E-state index < -0.39 is 138 Å². The number of benzene rings is 2. The van der Waals surface area contributed by atoms with Gasteiger partial charge in [0.25, 0.3) is 23.3 Å². The number of ether oxygens (including phenoxy) is 7. The van der Waals surface area contributed by atoms with Crippen LogP contribution in [0, 0.1) is 18.7 Å². The standard InChI is InChI=1S/C73H92FN13O22/c1-6-73(102)48-32-54-64-46(36-87(54)68(97)47(48)39-108-70(73)99)61-43(11-14-45-41(4)49(74)33-52(82-64)62(45)61)35-78-58(91)37-85(5)72(101)109-38-42-9-12-44(13-10-42)79-65(94)50(8-7-20-77-71(75)100)83-67(96)63(40(2)3)84-66(95)53(34-57(90)80-51-18-24-107-69(51)98)81-56(89)19-23-103-26-28-105-30-31-106-29-27-104-25-21-76-55(88)17-22-86-59(92)15-16-60(86)93/h9-10,12-13,15-16,32-33,35,40,43,50-51,53,57,63,80,90,102H,6-8,11,14,17-31,34,36-39H2,1-5H3,(H,76,88)(H,79,94)(H,81,89)(H,83,96)(H,84,95)(H3,75,77,100)/t43?,50-,51-,53-,57?,63-,73-/m0/s1. The molecule has 35 nitrogen and oxygen atoms in total. The number of pyridine rings is 2. The number of aliphatic hydroxyl groups excluding tert-OH is 1. The van der Waals surface area contributed by atoms with E-state index in [4.69, 9.17) is 43.9 Å². The fourth-order valence-electron chi connectivity index (χ4n) is 13.0. The minimum Gasteiger partial charge on any atom is -0.464 e. The quantitative estimate of drug-likeness (QED) is 0.00634. The first kappa shape index (κ1) is 82.6. The number of urea groups is 1. The fraction of sp³-hybridized carbons (Fsp3) is 0.521. The Morgan fingerprint density at radius 1 is 0.817 bits per heavy atom. The van der Waals surface area contributed by atoms with Gasteiger partial charge in [0, 0.05) is 105 Å². The number of esters is 2. The molecule has 1 aliphatic carbocycles. The van der Waals surface area contributed by atoms with E-state index in [9.17, 15) is 72.5 Å². The van der Waals surface area contributed by atoms with Crippen LogP contribution in [-0.4, -0.2) is 230 Å². The average molecular weight is 1520 g/mol. The third-order valence-corrected chi connectivity index (χ3v) is 19.0. The number of halogens is 1. The first-order chi connectivity index (χ1) is 52.1. The molecule has 0 spiro atoms. The highest BCUT2D eigenvalue weighted by Crippen LogP contribution is 2.46. The number of aliphatic hydroxyl groups is 2. The van der Waals surface area contributed by atoms with Crippen LogP contribution in [0.5, 0.6) is 0 Å². The summed E-state index contributed by atoms with van der Waals surface area (Å²) < 4.78 is 54.7. The number of imide groups is 1. The smallest absolute Gasteiger partial charge is 0.410 e. The van der Waals surface area contributed by atoms with Gasteiger partial charge in [-0.25, -0.2) is 28.8 Å². The van der Waals surface area contributed by atoms with Crippen molar-refractivity contribution >= 4 is 94.1 Å². The molecule has 4 aliphatic heterocycles. The van der Waals surface area contributed by atoms with Crippen LogP contribution < -0.4 is 48.5 Å². The molecule has 588 valence electrons. The maximum Gasteiger partial charge on any atom is 0.410 e. The number of nitrogens with one attached hydrogen (secondary N) is 7. The molecule has 2 aromatic carbocycles.